The van der Waals surface area contributed by atoms with Crippen LogP contribution in [0, 0.1) is 5.92 Å². The average molecular weight is 455 g/mol. The lowest BCUT2D eigenvalue weighted by Gasteiger charge is -2.29. The molecule has 1 N–H and O–H groups in total. The van der Waals surface area contributed by atoms with Gasteiger partial charge in [0, 0.05) is 13.1 Å². The quantitative estimate of drug-likeness (QED) is 0.571. The van der Waals surface area contributed by atoms with Crippen LogP contribution in [-0.2, 0) is 21.5 Å². The van der Waals surface area contributed by atoms with Gasteiger partial charge in [-0.15, -0.1) is 0 Å². The monoisotopic (exact) mass is 454 g/mol. The molecule has 0 fully saturated rings. The van der Waals surface area contributed by atoms with Gasteiger partial charge < -0.3 is 19.7 Å². The summed E-state index contributed by atoms with van der Waals surface area (Å²) in [6.45, 7) is 12.9. The fraction of sp³-hybridized carbons (Fsp3) is 0.481. The van der Waals surface area contributed by atoms with Crippen LogP contribution in [0.4, 0.5) is 0 Å². The summed E-state index contributed by atoms with van der Waals surface area (Å²) in [6, 6.07) is 14.6. The number of nitrogens with one attached hydrogen (secondary N) is 1. The summed E-state index contributed by atoms with van der Waals surface area (Å²) in [5.41, 5.74) is 2.11. The zero-order chi connectivity index (χ0) is 24.6. The smallest absolute Gasteiger partial charge is 0.261 e. The number of nitrogens with zero attached hydrogens (tertiary/aromatic N) is 1. The van der Waals surface area contributed by atoms with E-state index in [0.717, 1.165) is 5.56 Å². The molecule has 2 amide bonds. The molecular weight excluding hydrogens is 416 g/mol. The maximum Gasteiger partial charge on any atom is 0.261 e. The van der Waals surface area contributed by atoms with Gasteiger partial charge in [0.05, 0.1) is 7.11 Å². The summed E-state index contributed by atoms with van der Waals surface area (Å²) in [7, 11) is 1.60. The first-order valence-electron chi connectivity index (χ1n) is 11.4. The Kier molecular flexibility index (Phi) is 9.32. The van der Waals surface area contributed by atoms with Gasteiger partial charge in [-0.3, -0.25) is 9.59 Å². The Morgan fingerprint density at radius 1 is 1.00 bits per heavy atom. The molecule has 0 saturated heterocycles. The molecular formula is C27H38N2O4. The molecule has 0 aliphatic carbocycles. The predicted octanol–water partition coefficient (Wildman–Crippen LogP) is 4.56. The van der Waals surface area contributed by atoms with Crippen molar-refractivity contribution in [3.63, 3.8) is 0 Å². The Labute approximate surface area is 198 Å². The Morgan fingerprint density at radius 3 is 2.24 bits per heavy atom. The second-order valence-electron chi connectivity index (χ2n) is 9.75. The van der Waals surface area contributed by atoms with Crippen molar-refractivity contribution in [1.82, 2.24) is 10.2 Å². The molecule has 0 aromatic heterocycles. The lowest BCUT2D eigenvalue weighted by atomic mass is 9.87. The molecule has 33 heavy (non-hydrogen) atoms. The largest absolute Gasteiger partial charge is 0.497 e. The third-order valence-electron chi connectivity index (χ3n) is 5.42. The second kappa shape index (κ2) is 11.7. The first-order valence-corrected chi connectivity index (χ1v) is 11.4. The fourth-order valence-electron chi connectivity index (χ4n) is 3.28. The molecule has 0 aliphatic heterocycles. The van der Waals surface area contributed by atoms with Crippen molar-refractivity contribution in [2.45, 2.75) is 59.5 Å². The molecule has 0 bridgehead atoms. The van der Waals surface area contributed by atoms with Crippen LogP contribution in [0.3, 0.4) is 0 Å². The van der Waals surface area contributed by atoms with Crippen LogP contribution in [0.2, 0.25) is 0 Å². The van der Waals surface area contributed by atoms with Crippen molar-refractivity contribution in [1.29, 1.82) is 0 Å². The third kappa shape index (κ3) is 8.12. The SMILES string of the molecule is COc1cccc(CN(C(=O)COc2ccc(C(C)(C)C)cc2)[C@H](C)C(=O)NCC(C)C)c1. The van der Waals surface area contributed by atoms with Crippen molar-refractivity contribution < 1.29 is 19.1 Å². The van der Waals surface area contributed by atoms with Gasteiger partial charge in [0.25, 0.3) is 5.91 Å². The first kappa shape index (κ1) is 26.2. The molecule has 2 rings (SSSR count). The minimum absolute atomic E-state index is 0.0423. The molecule has 0 radical (unpaired) electrons. The number of amides is 2. The maximum atomic E-state index is 13.2. The van der Waals surface area contributed by atoms with Crippen LogP contribution in [0.15, 0.2) is 48.5 Å². The molecule has 1 atom stereocenters. The number of ether oxygens (including phenoxy) is 2. The average Bonchev–Trinajstić information content (AvgIpc) is 2.78. The summed E-state index contributed by atoms with van der Waals surface area (Å²) in [5, 5.41) is 2.92. The van der Waals surface area contributed by atoms with Crippen molar-refractivity contribution in [3.8, 4) is 11.5 Å². The van der Waals surface area contributed by atoms with Crippen molar-refractivity contribution in [3.05, 3.63) is 59.7 Å². The summed E-state index contributed by atoms with van der Waals surface area (Å²) in [4.78, 5) is 27.5. The number of rotatable bonds is 10. The Bertz CT molecular complexity index is 916. The molecule has 0 spiro atoms. The Balaban J connectivity index is 2.14. The van der Waals surface area contributed by atoms with E-state index in [1.54, 1.807) is 18.9 Å². The number of carbonyl (C=O) groups is 2. The molecule has 6 heteroatoms. The minimum atomic E-state index is -0.644. The summed E-state index contributed by atoms with van der Waals surface area (Å²) < 4.78 is 11.1. The van der Waals surface area contributed by atoms with Crippen LogP contribution in [0.1, 0.15) is 52.7 Å². The van der Waals surface area contributed by atoms with E-state index in [1.165, 1.54) is 5.56 Å². The van der Waals surface area contributed by atoms with Crippen molar-refractivity contribution >= 4 is 11.8 Å². The maximum absolute atomic E-state index is 13.2. The van der Waals surface area contributed by atoms with E-state index in [-0.39, 0.29) is 30.4 Å². The van der Waals surface area contributed by atoms with Crippen LogP contribution >= 0.6 is 0 Å². The zero-order valence-electron chi connectivity index (χ0n) is 21.0. The van der Waals surface area contributed by atoms with Gasteiger partial charge in [0.15, 0.2) is 6.61 Å². The summed E-state index contributed by atoms with van der Waals surface area (Å²) in [5.74, 6) is 1.20. The molecule has 2 aromatic carbocycles. The number of hydrogen-bond donors (Lipinski definition) is 1. The van der Waals surface area contributed by atoms with E-state index >= 15 is 0 Å². The van der Waals surface area contributed by atoms with Gasteiger partial charge >= 0.3 is 0 Å². The Hall–Kier alpha value is -3.02. The highest BCUT2D eigenvalue weighted by Crippen LogP contribution is 2.24. The van der Waals surface area contributed by atoms with Crippen LogP contribution in [0.25, 0.3) is 0 Å². The van der Waals surface area contributed by atoms with Gasteiger partial charge in [-0.2, -0.15) is 0 Å². The highest BCUT2D eigenvalue weighted by Gasteiger charge is 2.26. The van der Waals surface area contributed by atoms with Crippen LogP contribution < -0.4 is 14.8 Å². The molecule has 0 saturated carbocycles. The molecule has 2 aromatic rings. The lowest BCUT2D eigenvalue weighted by Crippen LogP contribution is -2.49. The summed E-state index contributed by atoms with van der Waals surface area (Å²) in [6.07, 6.45) is 0. The van der Waals surface area contributed by atoms with Gasteiger partial charge in [-0.1, -0.05) is 58.9 Å². The molecule has 6 nitrogen and oxygen atoms in total. The topological polar surface area (TPSA) is 67.9 Å². The second-order valence-corrected chi connectivity index (χ2v) is 9.75. The third-order valence-corrected chi connectivity index (χ3v) is 5.42. The zero-order valence-corrected chi connectivity index (χ0v) is 21.0. The fourth-order valence-corrected chi connectivity index (χ4v) is 3.28. The van der Waals surface area contributed by atoms with E-state index in [4.69, 9.17) is 9.47 Å². The minimum Gasteiger partial charge on any atom is -0.497 e. The number of methoxy groups -OCH3 is 1. The Morgan fingerprint density at radius 2 is 1.67 bits per heavy atom. The van der Waals surface area contributed by atoms with Gasteiger partial charge in [-0.05, 0) is 53.6 Å². The standard InChI is InChI=1S/C27H38N2O4/c1-19(2)16-28-26(31)20(3)29(17-21-9-8-10-24(15-21)32-7)25(30)18-33-23-13-11-22(12-14-23)27(4,5)6/h8-15,19-20H,16-18H2,1-7H3,(H,28,31)/t20-/m1/s1. The van der Waals surface area contributed by atoms with E-state index < -0.39 is 6.04 Å². The van der Waals surface area contributed by atoms with Crippen LogP contribution in [-0.4, -0.2) is 43.0 Å². The van der Waals surface area contributed by atoms with E-state index in [9.17, 15) is 9.59 Å². The lowest BCUT2D eigenvalue weighted by molar-refractivity contribution is -0.142. The molecule has 0 aliphatic rings. The van der Waals surface area contributed by atoms with E-state index in [2.05, 4.69) is 26.1 Å². The summed E-state index contributed by atoms with van der Waals surface area (Å²) >= 11 is 0. The first-order chi connectivity index (χ1) is 15.5. The normalized spacial score (nSPS) is 12.2. The highest BCUT2D eigenvalue weighted by molar-refractivity contribution is 5.88. The molecule has 0 unspecified atom stereocenters. The van der Waals surface area contributed by atoms with Gasteiger partial charge in [0.1, 0.15) is 17.5 Å². The highest BCUT2D eigenvalue weighted by atomic mass is 16.5. The molecule has 180 valence electrons. The van der Waals surface area contributed by atoms with E-state index in [0.29, 0.717) is 24.0 Å². The number of carbonyl (C=O) groups excluding carboxylic acids is 2. The van der Waals surface area contributed by atoms with E-state index in [1.807, 2.05) is 62.4 Å². The van der Waals surface area contributed by atoms with Gasteiger partial charge in [0.2, 0.25) is 5.91 Å². The van der Waals surface area contributed by atoms with Crippen molar-refractivity contribution in [2.75, 3.05) is 20.3 Å². The predicted molar refractivity (Wildman–Crippen MR) is 131 cm³/mol. The van der Waals surface area contributed by atoms with Gasteiger partial charge in [-0.25, -0.2) is 0 Å². The van der Waals surface area contributed by atoms with Crippen LogP contribution in [0.5, 0.6) is 11.5 Å². The number of hydrogen-bond acceptors (Lipinski definition) is 4. The number of benzene rings is 2. The van der Waals surface area contributed by atoms with Crippen molar-refractivity contribution in [2.24, 2.45) is 5.92 Å². The molecule has 0 heterocycles.